The molecule has 1 fully saturated rings. The third-order valence-electron chi connectivity index (χ3n) is 3.00. The van der Waals surface area contributed by atoms with E-state index in [0.29, 0.717) is 0 Å². The Labute approximate surface area is 110 Å². The molecule has 0 aromatic heterocycles. The van der Waals surface area contributed by atoms with Gasteiger partial charge in [0, 0.05) is 11.6 Å². The number of hydrogen-bond donors (Lipinski definition) is 1. The standard InChI is InChI=1S/C14H13F2NO2/c1-2-6-19-13-11(15)7-9(8-12(13)16)14(18)17-10-4-3-5-10/h1,7-8,10H,3-6H2,(H,17,18). The summed E-state index contributed by atoms with van der Waals surface area (Å²) < 4.78 is 32.0. The highest BCUT2D eigenvalue weighted by atomic mass is 19.1. The van der Waals surface area contributed by atoms with E-state index in [0.717, 1.165) is 31.4 Å². The molecule has 1 aliphatic rings. The third-order valence-corrected chi connectivity index (χ3v) is 3.00. The number of nitrogens with one attached hydrogen (secondary N) is 1. The number of terminal acetylenes is 1. The Balaban J connectivity index is 2.14. The van der Waals surface area contributed by atoms with Crippen molar-refractivity contribution in [3.05, 3.63) is 29.3 Å². The van der Waals surface area contributed by atoms with E-state index in [4.69, 9.17) is 11.2 Å². The van der Waals surface area contributed by atoms with Gasteiger partial charge in [-0.3, -0.25) is 4.79 Å². The van der Waals surface area contributed by atoms with Gasteiger partial charge in [0.15, 0.2) is 17.4 Å². The van der Waals surface area contributed by atoms with E-state index in [2.05, 4.69) is 11.2 Å². The van der Waals surface area contributed by atoms with Crippen LogP contribution in [0.1, 0.15) is 29.6 Å². The van der Waals surface area contributed by atoms with Gasteiger partial charge in [-0.25, -0.2) is 8.78 Å². The SMILES string of the molecule is C#CCOc1c(F)cc(C(=O)NC2CCC2)cc1F. The highest BCUT2D eigenvalue weighted by molar-refractivity contribution is 5.94. The van der Waals surface area contributed by atoms with E-state index in [-0.39, 0.29) is 18.2 Å². The Morgan fingerprint density at radius 2 is 2.05 bits per heavy atom. The Morgan fingerprint density at radius 1 is 1.42 bits per heavy atom. The number of rotatable bonds is 4. The fourth-order valence-corrected chi connectivity index (χ4v) is 1.76. The molecule has 100 valence electrons. The van der Waals surface area contributed by atoms with Gasteiger partial charge in [-0.2, -0.15) is 0 Å². The van der Waals surface area contributed by atoms with Gasteiger partial charge in [0.1, 0.15) is 6.61 Å². The molecule has 0 radical (unpaired) electrons. The number of ether oxygens (including phenoxy) is 1. The van der Waals surface area contributed by atoms with Gasteiger partial charge in [0.2, 0.25) is 0 Å². The van der Waals surface area contributed by atoms with E-state index in [1.54, 1.807) is 0 Å². The fraction of sp³-hybridized carbons (Fsp3) is 0.357. The van der Waals surface area contributed by atoms with Gasteiger partial charge >= 0.3 is 0 Å². The topological polar surface area (TPSA) is 38.3 Å². The third kappa shape index (κ3) is 3.02. The van der Waals surface area contributed by atoms with Crippen molar-refractivity contribution in [3.8, 4) is 18.1 Å². The lowest BCUT2D eigenvalue weighted by atomic mass is 9.93. The second kappa shape index (κ2) is 5.70. The van der Waals surface area contributed by atoms with Crippen molar-refractivity contribution in [2.75, 3.05) is 6.61 Å². The van der Waals surface area contributed by atoms with Gasteiger partial charge in [-0.05, 0) is 31.4 Å². The van der Waals surface area contributed by atoms with Crippen molar-refractivity contribution < 1.29 is 18.3 Å². The number of hydrogen-bond acceptors (Lipinski definition) is 2. The Morgan fingerprint density at radius 3 is 2.53 bits per heavy atom. The average Bonchev–Trinajstić information content (AvgIpc) is 2.32. The van der Waals surface area contributed by atoms with Crippen molar-refractivity contribution >= 4 is 5.91 Å². The molecule has 0 unspecified atom stereocenters. The second-order valence-corrected chi connectivity index (χ2v) is 4.36. The van der Waals surface area contributed by atoms with Crippen LogP contribution in [0.3, 0.4) is 0 Å². The van der Waals surface area contributed by atoms with Crippen LogP contribution < -0.4 is 10.1 Å². The van der Waals surface area contributed by atoms with Gasteiger partial charge in [0.25, 0.3) is 5.91 Å². The Hall–Kier alpha value is -2.09. The smallest absolute Gasteiger partial charge is 0.251 e. The van der Waals surface area contributed by atoms with E-state index < -0.39 is 23.3 Å². The molecule has 0 atom stereocenters. The predicted molar refractivity (Wildman–Crippen MR) is 65.8 cm³/mol. The molecule has 5 heteroatoms. The molecule has 0 saturated heterocycles. The normalized spacial score (nSPS) is 14.4. The first-order valence-electron chi connectivity index (χ1n) is 5.98. The monoisotopic (exact) mass is 265 g/mol. The molecule has 1 aliphatic carbocycles. The lowest BCUT2D eigenvalue weighted by Gasteiger charge is -2.26. The summed E-state index contributed by atoms with van der Waals surface area (Å²) in [5.74, 6) is -0.796. The zero-order valence-corrected chi connectivity index (χ0v) is 10.2. The van der Waals surface area contributed by atoms with Crippen LogP contribution in [-0.4, -0.2) is 18.6 Å². The van der Waals surface area contributed by atoms with Crippen LogP contribution in [0.15, 0.2) is 12.1 Å². The van der Waals surface area contributed by atoms with Crippen LogP contribution in [0.5, 0.6) is 5.75 Å². The summed E-state index contributed by atoms with van der Waals surface area (Å²) in [6.07, 6.45) is 7.81. The van der Waals surface area contributed by atoms with Crippen molar-refractivity contribution in [1.82, 2.24) is 5.32 Å². The Kier molecular flexibility index (Phi) is 4.00. The molecule has 1 N–H and O–H groups in total. The number of carbonyl (C=O) groups is 1. The first-order chi connectivity index (χ1) is 9.11. The maximum atomic E-state index is 13.6. The van der Waals surface area contributed by atoms with E-state index >= 15 is 0 Å². The number of benzene rings is 1. The van der Waals surface area contributed by atoms with Crippen LogP contribution in [0.2, 0.25) is 0 Å². The van der Waals surface area contributed by atoms with E-state index in [1.165, 1.54) is 0 Å². The molecule has 0 bridgehead atoms. The maximum Gasteiger partial charge on any atom is 0.251 e. The molecule has 0 heterocycles. The summed E-state index contributed by atoms with van der Waals surface area (Å²) in [6, 6.07) is 2.00. The summed E-state index contributed by atoms with van der Waals surface area (Å²) in [4.78, 5) is 11.8. The fourth-order valence-electron chi connectivity index (χ4n) is 1.76. The zero-order chi connectivity index (χ0) is 13.8. The van der Waals surface area contributed by atoms with Crippen LogP contribution in [0, 0.1) is 24.0 Å². The molecule has 0 spiro atoms. The van der Waals surface area contributed by atoms with Gasteiger partial charge in [-0.1, -0.05) is 5.92 Å². The van der Waals surface area contributed by atoms with Crippen molar-refractivity contribution in [3.63, 3.8) is 0 Å². The molecule has 0 aliphatic heterocycles. The maximum absolute atomic E-state index is 13.6. The minimum Gasteiger partial charge on any atom is -0.475 e. The van der Waals surface area contributed by atoms with Crippen molar-refractivity contribution in [2.24, 2.45) is 0 Å². The highest BCUT2D eigenvalue weighted by Crippen LogP contribution is 2.24. The number of carbonyl (C=O) groups excluding carboxylic acids is 1. The van der Waals surface area contributed by atoms with Gasteiger partial charge in [-0.15, -0.1) is 6.42 Å². The Bertz CT molecular complexity index is 510. The van der Waals surface area contributed by atoms with E-state index in [1.807, 2.05) is 0 Å². The molecule has 1 aromatic carbocycles. The number of amides is 1. The summed E-state index contributed by atoms with van der Waals surface area (Å²) in [5, 5.41) is 2.70. The largest absolute Gasteiger partial charge is 0.475 e. The van der Waals surface area contributed by atoms with Crippen LogP contribution >= 0.6 is 0 Å². The molecule has 3 nitrogen and oxygen atoms in total. The predicted octanol–water partition coefficient (Wildman–Crippen LogP) is 2.26. The summed E-state index contributed by atoms with van der Waals surface area (Å²) in [6.45, 7) is -0.235. The summed E-state index contributed by atoms with van der Waals surface area (Å²) in [7, 11) is 0. The first kappa shape index (κ1) is 13.3. The van der Waals surface area contributed by atoms with Gasteiger partial charge in [0.05, 0.1) is 0 Å². The molecule has 1 aromatic rings. The van der Waals surface area contributed by atoms with Crippen LogP contribution in [-0.2, 0) is 0 Å². The second-order valence-electron chi connectivity index (χ2n) is 4.36. The minimum absolute atomic E-state index is 0.0602. The van der Waals surface area contributed by atoms with Crippen molar-refractivity contribution in [1.29, 1.82) is 0 Å². The molecule has 1 amide bonds. The summed E-state index contributed by atoms with van der Waals surface area (Å²) in [5.41, 5.74) is -0.0602. The highest BCUT2D eigenvalue weighted by Gasteiger charge is 2.22. The lowest BCUT2D eigenvalue weighted by Crippen LogP contribution is -2.39. The summed E-state index contributed by atoms with van der Waals surface area (Å²) >= 11 is 0. The first-order valence-corrected chi connectivity index (χ1v) is 5.98. The molecule has 1 saturated carbocycles. The molecule has 19 heavy (non-hydrogen) atoms. The molecular formula is C14H13F2NO2. The number of halogens is 2. The molecule has 2 rings (SSSR count). The minimum atomic E-state index is -0.936. The zero-order valence-electron chi connectivity index (χ0n) is 10.2. The van der Waals surface area contributed by atoms with Crippen molar-refractivity contribution in [2.45, 2.75) is 25.3 Å². The van der Waals surface area contributed by atoms with Crippen LogP contribution in [0.25, 0.3) is 0 Å². The van der Waals surface area contributed by atoms with E-state index in [9.17, 15) is 13.6 Å². The van der Waals surface area contributed by atoms with Crippen LogP contribution in [0.4, 0.5) is 8.78 Å². The van der Waals surface area contributed by atoms with Gasteiger partial charge < -0.3 is 10.1 Å². The average molecular weight is 265 g/mol. The lowest BCUT2D eigenvalue weighted by molar-refractivity contribution is 0.0916. The molecular weight excluding hydrogens is 252 g/mol. The quantitative estimate of drug-likeness (QED) is 0.848.